The molecule has 0 atom stereocenters. The van der Waals surface area contributed by atoms with Gasteiger partial charge in [-0.2, -0.15) is 0 Å². The van der Waals surface area contributed by atoms with Gasteiger partial charge in [0.1, 0.15) is 11.6 Å². The molecule has 0 saturated heterocycles. The zero-order valence-corrected chi connectivity index (χ0v) is 17.3. The zero-order valence-electron chi connectivity index (χ0n) is 16.5. The number of carbonyl (C=O) groups is 1. The average molecular weight is 432 g/mol. The number of carbonyl (C=O) groups excluding carboxylic acids is 1. The number of esters is 1. The maximum absolute atomic E-state index is 14.4. The first-order chi connectivity index (χ1) is 14.4. The van der Waals surface area contributed by atoms with E-state index in [-0.39, 0.29) is 28.5 Å². The van der Waals surface area contributed by atoms with Crippen LogP contribution >= 0.6 is 0 Å². The first-order valence-electron chi connectivity index (χ1n) is 9.03. The molecule has 0 spiro atoms. The number of rotatable bonds is 8. The molecule has 0 bridgehead atoms. The Hall–Kier alpha value is -3.17. The second-order valence-electron chi connectivity index (χ2n) is 6.38. The summed E-state index contributed by atoms with van der Waals surface area (Å²) >= 11 is 0. The van der Waals surface area contributed by atoms with Crippen molar-refractivity contribution in [3.63, 3.8) is 0 Å². The Morgan fingerprint density at radius 2 is 1.90 bits per heavy atom. The molecule has 0 amide bonds. The van der Waals surface area contributed by atoms with E-state index in [9.17, 15) is 17.6 Å². The fourth-order valence-electron chi connectivity index (χ4n) is 2.90. The Morgan fingerprint density at radius 1 is 1.13 bits per heavy atom. The number of ether oxygens (including phenoxy) is 2. The predicted molar refractivity (Wildman–Crippen MR) is 109 cm³/mol. The summed E-state index contributed by atoms with van der Waals surface area (Å²) in [6.45, 7) is 0.0581. The second-order valence-corrected chi connectivity index (χ2v) is 8.20. The minimum atomic E-state index is -4.07. The lowest BCUT2D eigenvalue weighted by Gasteiger charge is -2.12. The lowest BCUT2D eigenvalue weighted by molar-refractivity contribution is -0.142. The Labute approximate surface area is 174 Å². The van der Waals surface area contributed by atoms with E-state index in [4.69, 9.17) is 4.74 Å². The number of aromatic nitrogens is 1. The van der Waals surface area contributed by atoms with Gasteiger partial charge in [0.05, 0.1) is 17.7 Å². The molecule has 1 aromatic heterocycles. The fraction of sp³-hybridized carbons (Fsp3) is 0.190. The molecule has 3 aromatic rings. The number of hydrogen-bond acceptors (Lipinski definition) is 6. The van der Waals surface area contributed by atoms with Crippen LogP contribution in [0.25, 0.3) is 11.3 Å². The van der Waals surface area contributed by atoms with E-state index < -0.39 is 21.8 Å². The molecule has 3 rings (SSSR count). The van der Waals surface area contributed by atoms with Crippen LogP contribution in [0.1, 0.15) is 5.56 Å². The van der Waals surface area contributed by atoms with Crippen molar-refractivity contribution in [3.05, 3.63) is 72.2 Å². The summed E-state index contributed by atoms with van der Waals surface area (Å²) in [5.74, 6) is -0.929. The fourth-order valence-corrected chi connectivity index (χ4v) is 4.33. The molecule has 1 N–H and O–H groups in total. The van der Waals surface area contributed by atoms with Crippen molar-refractivity contribution < 1.29 is 27.1 Å². The standard InChI is InChI=1S/C21H21FN2O5S/c1-23-12-15-10-20(18-8-3-4-9-19(18)22)24(13-15)30(26,27)17-7-5-6-16(11-17)29-14-21(25)28-2/h3-11,13,23H,12,14H2,1-2H3. The van der Waals surface area contributed by atoms with Gasteiger partial charge in [0.15, 0.2) is 6.61 Å². The molecule has 0 aliphatic heterocycles. The maximum Gasteiger partial charge on any atom is 0.343 e. The highest BCUT2D eigenvalue weighted by atomic mass is 32.2. The third kappa shape index (κ3) is 4.52. The molecule has 0 fully saturated rings. The largest absolute Gasteiger partial charge is 0.482 e. The van der Waals surface area contributed by atoms with Crippen LogP contribution in [-0.2, 0) is 26.1 Å². The van der Waals surface area contributed by atoms with Crippen molar-refractivity contribution in [1.82, 2.24) is 9.29 Å². The van der Waals surface area contributed by atoms with Crippen molar-refractivity contribution in [3.8, 4) is 17.0 Å². The highest BCUT2D eigenvalue weighted by Gasteiger charge is 2.23. The van der Waals surface area contributed by atoms with Gasteiger partial charge in [-0.1, -0.05) is 18.2 Å². The lowest BCUT2D eigenvalue weighted by atomic mass is 10.1. The highest BCUT2D eigenvalue weighted by Crippen LogP contribution is 2.30. The van der Waals surface area contributed by atoms with E-state index in [1.54, 1.807) is 19.2 Å². The summed E-state index contributed by atoms with van der Waals surface area (Å²) in [7, 11) is -1.11. The lowest BCUT2D eigenvalue weighted by Crippen LogP contribution is -2.15. The molecule has 158 valence electrons. The summed E-state index contributed by atoms with van der Waals surface area (Å²) in [6, 6.07) is 13.4. The quantitative estimate of drug-likeness (QED) is 0.551. The third-order valence-corrected chi connectivity index (χ3v) is 5.99. The molecule has 7 nitrogen and oxygen atoms in total. The van der Waals surface area contributed by atoms with Gasteiger partial charge in [-0.15, -0.1) is 0 Å². The van der Waals surface area contributed by atoms with E-state index in [0.717, 1.165) is 3.97 Å². The van der Waals surface area contributed by atoms with Crippen molar-refractivity contribution in [2.75, 3.05) is 20.8 Å². The van der Waals surface area contributed by atoms with Crippen LogP contribution in [-0.4, -0.2) is 39.1 Å². The van der Waals surface area contributed by atoms with Crippen LogP contribution in [0, 0.1) is 5.82 Å². The smallest absolute Gasteiger partial charge is 0.343 e. The molecule has 0 radical (unpaired) electrons. The predicted octanol–water partition coefficient (Wildman–Crippen LogP) is 2.80. The monoisotopic (exact) mass is 432 g/mol. The molecule has 0 aliphatic rings. The topological polar surface area (TPSA) is 86.6 Å². The molecule has 9 heteroatoms. The van der Waals surface area contributed by atoms with E-state index in [1.165, 1.54) is 55.8 Å². The van der Waals surface area contributed by atoms with Gasteiger partial charge in [0.2, 0.25) is 0 Å². The van der Waals surface area contributed by atoms with Gasteiger partial charge in [-0.25, -0.2) is 21.6 Å². The van der Waals surface area contributed by atoms with E-state index in [1.807, 2.05) is 0 Å². The van der Waals surface area contributed by atoms with Crippen molar-refractivity contribution in [2.24, 2.45) is 0 Å². The summed E-state index contributed by atoms with van der Waals surface area (Å²) in [5.41, 5.74) is 1.05. The Balaban J connectivity index is 2.06. The van der Waals surface area contributed by atoms with Crippen LogP contribution in [0.5, 0.6) is 5.75 Å². The average Bonchev–Trinajstić information content (AvgIpc) is 3.17. The summed E-state index contributed by atoms with van der Waals surface area (Å²) in [4.78, 5) is 11.2. The van der Waals surface area contributed by atoms with E-state index in [2.05, 4.69) is 10.1 Å². The number of methoxy groups -OCH3 is 1. The summed E-state index contributed by atoms with van der Waals surface area (Å²) in [6.07, 6.45) is 1.45. The van der Waals surface area contributed by atoms with Crippen molar-refractivity contribution >= 4 is 16.0 Å². The molecular weight excluding hydrogens is 411 g/mol. The molecule has 0 unspecified atom stereocenters. The van der Waals surface area contributed by atoms with Crippen molar-refractivity contribution in [2.45, 2.75) is 11.4 Å². The van der Waals surface area contributed by atoms with Crippen LogP contribution in [0.4, 0.5) is 4.39 Å². The van der Waals surface area contributed by atoms with E-state index >= 15 is 0 Å². The molecule has 0 saturated carbocycles. The number of benzene rings is 2. The molecule has 1 heterocycles. The van der Waals surface area contributed by atoms with Crippen LogP contribution in [0.3, 0.4) is 0 Å². The van der Waals surface area contributed by atoms with Gasteiger partial charge < -0.3 is 14.8 Å². The van der Waals surface area contributed by atoms with E-state index in [0.29, 0.717) is 12.1 Å². The number of nitrogens with zero attached hydrogens (tertiary/aromatic N) is 1. The first kappa shape index (κ1) is 21.5. The maximum atomic E-state index is 14.4. The van der Waals surface area contributed by atoms with Crippen LogP contribution < -0.4 is 10.1 Å². The molecular formula is C21H21FN2O5S. The minimum absolute atomic E-state index is 0.0611. The second kappa shape index (κ2) is 9.10. The Bertz CT molecular complexity index is 1160. The summed E-state index contributed by atoms with van der Waals surface area (Å²) in [5, 5.41) is 2.96. The Morgan fingerprint density at radius 3 is 2.60 bits per heavy atom. The van der Waals surface area contributed by atoms with Gasteiger partial charge in [-0.05, 0) is 42.9 Å². The third-order valence-electron chi connectivity index (χ3n) is 4.32. The van der Waals surface area contributed by atoms with Gasteiger partial charge in [0.25, 0.3) is 10.0 Å². The number of hydrogen-bond donors (Lipinski definition) is 1. The van der Waals surface area contributed by atoms with Gasteiger partial charge in [0, 0.05) is 24.4 Å². The van der Waals surface area contributed by atoms with Crippen LogP contribution in [0.15, 0.2) is 65.7 Å². The SMILES string of the molecule is CNCc1cc(-c2ccccc2F)n(S(=O)(=O)c2cccc(OCC(=O)OC)c2)c1. The zero-order chi connectivity index (χ0) is 21.7. The number of halogens is 1. The first-order valence-corrected chi connectivity index (χ1v) is 10.5. The number of nitrogens with one attached hydrogen (secondary N) is 1. The molecule has 30 heavy (non-hydrogen) atoms. The molecule has 0 aliphatic carbocycles. The molecule has 2 aromatic carbocycles. The van der Waals surface area contributed by atoms with Gasteiger partial charge >= 0.3 is 5.97 Å². The van der Waals surface area contributed by atoms with Crippen molar-refractivity contribution in [1.29, 1.82) is 0 Å². The normalized spacial score (nSPS) is 11.3. The van der Waals surface area contributed by atoms with Crippen LogP contribution in [0.2, 0.25) is 0 Å². The Kier molecular flexibility index (Phi) is 6.53. The highest BCUT2D eigenvalue weighted by molar-refractivity contribution is 7.90. The minimum Gasteiger partial charge on any atom is -0.482 e. The van der Waals surface area contributed by atoms with Gasteiger partial charge in [-0.3, -0.25) is 0 Å². The summed E-state index contributed by atoms with van der Waals surface area (Å²) < 4.78 is 52.0.